The third kappa shape index (κ3) is 4.78. The molecule has 0 spiro atoms. The van der Waals surface area contributed by atoms with Gasteiger partial charge in [-0.15, -0.1) is 0 Å². The Kier molecular flexibility index (Phi) is 6.45. The number of nitrogens with one attached hydrogen (secondary N) is 1. The topological polar surface area (TPSA) is 84.9 Å². The lowest BCUT2D eigenvalue weighted by molar-refractivity contribution is -0.116. The highest BCUT2D eigenvalue weighted by atomic mass is 32.2. The van der Waals surface area contributed by atoms with E-state index in [1.807, 2.05) is 26.0 Å². The van der Waals surface area contributed by atoms with Crippen LogP contribution in [0.25, 0.3) is 0 Å². The molecule has 0 aliphatic rings. The Morgan fingerprint density at radius 1 is 1.00 bits per heavy atom. The van der Waals surface area contributed by atoms with Gasteiger partial charge in [-0.1, -0.05) is 6.07 Å². The number of ether oxygens (including phenoxy) is 2. The van der Waals surface area contributed by atoms with Crippen molar-refractivity contribution in [3.05, 3.63) is 47.5 Å². The number of hydrogen-bond acceptors (Lipinski definition) is 5. The van der Waals surface area contributed by atoms with Gasteiger partial charge in [-0.25, -0.2) is 8.42 Å². The molecule has 0 bridgehead atoms. The number of methoxy groups -OCH3 is 2. The summed E-state index contributed by atoms with van der Waals surface area (Å²) in [6.07, 6.45) is 0. The van der Waals surface area contributed by atoms with Gasteiger partial charge in [0.1, 0.15) is 0 Å². The van der Waals surface area contributed by atoms with E-state index in [0.29, 0.717) is 17.2 Å². The van der Waals surface area contributed by atoms with Gasteiger partial charge in [-0.05, 0) is 49.2 Å². The Balaban J connectivity index is 2.14. The van der Waals surface area contributed by atoms with Crippen LogP contribution in [-0.2, 0) is 14.8 Å². The maximum absolute atomic E-state index is 12.7. The predicted octanol–water partition coefficient (Wildman–Crippen LogP) is 2.58. The normalized spacial score (nSPS) is 11.3. The third-order valence-electron chi connectivity index (χ3n) is 4.22. The molecule has 1 N–H and O–H groups in total. The van der Waals surface area contributed by atoms with E-state index in [9.17, 15) is 13.2 Å². The number of likely N-dealkylation sites (N-methyl/N-ethyl adjacent to an activating group) is 1. The summed E-state index contributed by atoms with van der Waals surface area (Å²) in [7, 11) is 0.384. The maximum atomic E-state index is 12.7. The summed E-state index contributed by atoms with van der Waals surface area (Å²) >= 11 is 0. The van der Waals surface area contributed by atoms with Crippen LogP contribution in [0.5, 0.6) is 11.5 Å². The Bertz CT molecular complexity index is 941. The number of aryl methyl sites for hydroxylation is 2. The molecule has 0 aliphatic carbocycles. The molecule has 0 fully saturated rings. The van der Waals surface area contributed by atoms with Crippen molar-refractivity contribution in [1.29, 1.82) is 0 Å². The van der Waals surface area contributed by atoms with E-state index >= 15 is 0 Å². The standard InChI is InChI=1S/C19H24N2O5S/c1-13-6-7-15(10-14(13)2)20-19(22)12-21(3)27(23,24)16-8-9-17(25-4)18(11-16)26-5/h6-11H,12H2,1-5H3,(H,20,22). The number of benzene rings is 2. The molecule has 0 heterocycles. The Hall–Kier alpha value is -2.58. The van der Waals surface area contributed by atoms with Gasteiger partial charge in [-0.3, -0.25) is 4.79 Å². The maximum Gasteiger partial charge on any atom is 0.243 e. The second-order valence-electron chi connectivity index (χ2n) is 6.13. The predicted molar refractivity (Wildman–Crippen MR) is 104 cm³/mol. The van der Waals surface area contributed by atoms with Gasteiger partial charge < -0.3 is 14.8 Å². The van der Waals surface area contributed by atoms with E-state index in [1.165, 1.54) is 39.5 Å². The Morgan fingerprint density at radius 2 is 1.67 bits per heavy atom. The molecule has 2 rings (SSSR count). The van der Waals surface area contributed by atoms with Crippen molar-refractivity contribution in [1.82, 2.24) is 4.31 Å². The van der Waals surface area contributed by atoms with E-state index in [0.717, 1.165) is 15.4 Å². The lowest BCUT2D eigenvalue weighted by Crippen LogP contribution is -2.35. The minimum Gasteiger partial charge on any atom is -0.493 e. The van der Waals surface area contributed by atoms with Gasteiger partial charge >= 0.3 is 0 Å². The first kappa shape index (κ1) is 20.7. The summed E-state index contributed by atoms with van der Waals surface area (Å²) < 4.78 is 36.7. The summed E-state index contributed by atoms with van der Waals surface area (Å²) in [5.74, 6) is 0.294. The number of rotatable bonds is 7. The molecule has 146 valence electrons. The van der Waals surface area contributed by atoms with Crippen molar-refractivity contribution in [2.75, 3.05) is 33.1 Å². The lowest BCUT2D eigenvalue weighted by Gasteiger charge is -2.18. The third-order valence-corrected chi connectivity index (χ3v) is 6.02. The molecule has 1 amide bonds. The first-order valence-corrected chi connectivity index (χ1v) is 9.68. The van der Waals surface area contributed by atoms with E-state index in [-0.39, 0.29) is 11.4 Å². The largest absolute Gasteiger partial charge is 0.493 e. The first-order valence-electron chi connectivity index (χ1n) is 8.24. The van der Waals surface area contributed by atoms with E-state index in [4.69, 9.17) is 9.47 Å². The van der Waals surface area contributed by atoms with Crippen molar-refractivity contribution < 1.29 is 22.7 Å². The highest BCUT2D eigenvalue weighted by molar-refractivity contribution is 7.89. The number of hydrogen-bond donors (Lipinski definition) is 1. The van der Waals surface area contributed by atoms with Crippen molar-refractivity contribution >= 4 is 21.6 Å². The molecule has 2 aromatic rings. The smallest absolute Gasteiger partial charge is 0.243 e. The van der Waals surface area contributed by atoms with Crippen LogP contribution in [-0.4, -0.2) is 46.4 Å². The number of amides is 1. The fraction of sp³-hybridized carbons (Fsp3) is 0.316. The Morgan fingerprint density at radius 3 is 2.26 bits per heavy atom. The van der Waals surface area contributed by atoms with Gasteiger partial charge in [0.25, 0.3) is 0 Å². The molecule has 27 heavy (non-hydrogen) atoms. The fourth-order valence-corrected chi connectivity index (χ4v) is 3.61. The number of carbonyl (C=O) groups excluding carboxylic acids is 1. The highest BCUT2D eigenvalue weighted by Crippen LogP contribution is 2.30. The van der Waals surface area contributed by atoms with E-state index in [1.54, 1.807) is 6.07 Å². The molecule has 0 saturated carbocycles. The van der Waals surface area contributed by atoms with Gasteiger partial charge in [0.05, 0.1) is 25.7 Å². The average molecular weight is 392 g/mol. The zero-order chi connectivity index (χ0) is 20.2. The van der Waals surface area contributed by atoms with Crippen LogP contribution in [0.1, 0.15) is 11.1 Å². The number of nitrogens with zero attached hydrogens (tertiary/aromatic N) is 1. The summed E-state index contributed by atoms with van der Waals surface area (Å²) in [6, 6.07) is 9.81. The molecule has 0 saturated heterocycles. The van der Waals surface area contributed by atoms with Gasteiger partial charge in [0, 0.05) is 18.8 Å². The zero-order valence-electron chi connectivity index (χ0n) is 16.1. The van der Waals surface area contributed by atoms with Crippen LogP contribution in [0.15, 0.2) is 41.3 Å². The summed E-state index contributed by atoms with van der Waals surface area (Å²) in [5, 5.41) is 2.72. The van der Waals surface area contributed by atoms with Crippen LogP contribution in [0.2, 0.25) is 0 Å². The van der Waals surface area contributed by atoms with Crippen LogP contribution in [0.4, 0.5) is 5.69 Å². The summed E-state index contributed by atoms with van der Waals surface area (Å²) in [6.45, 7) is 3.60. The summed E-state index contributed by atoms with van der Waals surface area (Å²) in [4.78, 5) is 12.3. The van der Waals surface area contributed by atoms with Gasteiger partial charge in [0.2, 0.25) is 15.9 Å². The molecule has 0 aliphatic heterocycles. The zero-order valence-corrected chi connectivity index (χ0v) is 16.9. The molecular weight excluding hydrogens is 368 g/mol. The SMILES string of the molecule is COc1ccc(S(=O)(=O)N(C)CC(=O)Nc2ccc(C)c(C)c2)cc1OC. The van der Waals surface area contributed by atoms with Gasteiger partial charge in [-0.2, -0.15) is 4.31 Å². The molecule has 7 nitrogen and oxygen atoms in total. The van der Waals surface area contributed by atoms with Crippen LogP contribution >= 0.6 is 0 Å². The average Bonchev–Trinajstić information content (AvgIpc) is 2.63. The first-order chi connectivity index (χ1) is 12.7. The second-order valence-corrected chi connectivity index (χ2v) is 8.17. The fourth-order valence-electron chi connectivity index (χ4n) is 2.46. The van der Waals surface area contributed by atoms with Crippen LogP contribution in [0, 0.1) is 13.8 Å². The molecule has 2 aromatic carbocycles. The lowest BCUT2D eigenvalue weighted by atomic mass is 10.1. The minimum absolute atomic E-state index is 0.0154. The Labute approximate surface area is 160 Å². The van der Waals surface area contributed by atoms with Crippen molar-refractivity contribution in [2.24, 2.45) is 0 Å². The number of anilines is 1. The molecule has 0 aromatic heterocycles. The van der Waals surface area contributed by atoms with Crippen molar-refractivity contribution in [2.45, 2.75) is 18.7 Å². The molecule has 8 heteroatoms. The molecule has 0 unspecified atom stereocenters. The summed E-state index contributed by atoms with van der Waals surface area (Å²) in [5.41, 5.74) is 2.78. The van der Waals surface area contributed by atoms with Crippen LogP contribution in [0.3, 0.4) is 0 Å². The van der Waals surface area contributed by atoms with Gasteiger partial charge in [0.15, 0.2) is 11.5 Å². The monoisotopic (exact) mass is 392 g/mol. The van der Waals surface area contributed by atoms with E-state index in [2.05, 4.69) is 5.32 Å². The molecule has 0 radical (unpaired) electrons. The minimum atomic E-state index is -3.86. The number of carbonyl (C=O) groups is 1. The van der Waals surface area contributed by atoms with Crippen molar-refractivity contribution in [3.8, 4) is 11.5 Å². The van der Waals surface area contributed by atoms with E-state index < -0.39 is 15.9 Å². The van der Waals surface area contributed by atoms with Crippen molar-refractivity contribution in [3.63, 3.8) is 0 Å². The van der Waals surface area contributed by atoms with Crippen LogP contribution < -0.4 is 14.8 Å². The molecular formula is C19H24N2O5S. The molecule has 0 atom stereocenters. The highest BCUT2D eigenvalue weighted by Gasteiger charge is 2.24. The second kappa shape index (κ2) is 8.41. The quantitative estimate of drug-likeness (QED) is 0.783. The number of sulfonamides is 1.